The molecule has 0 bridgehead atoms. The molecule has 27 heavy (non-hydrogen) atoms. The molecule has 1 rings (SSSR count). The van der Waals surface area contributed by atoms with Crippen molar-refractivity contribution in [3.63, 3.8) is 0 Å². The van der Waals surface area contributed by atoms with Crippen LogP contribution >= 0.6 is 12.4 Å². The number of halogens is 1. The predicted molar refractivity (Wildman–Crippen MR) is 107 cm³/mol. The number of rotatable bonds is 11. The fourth-order valence-electron chi connectivity index (χ4n) is 2.33. The standard InChI is InChI=1S/C17H28N4O4S.ClH/c1-3-21(4-2)26(24,25)15-9-7-8-14(12-15)17(23)20-13-16(22)19-11-6-5-10-18;/h7-9,12H,3-6,10-11,13,18H2,1-2H3,(H,19,22)(H,20,23);1H. The van der Waals surface area contributed by atoms with Crippen LogP contribution in [0.1, 0.15) is 37.0 Å². The molecule has 0 aromatic heterocycles. The van der Waals surface area contributed by atoms with Gasteiger partial charge in [0.2, 0.25) is 15.9 Å². The van der Waals surface area contributed by atoms with Crippen molar-refractivity contribution in [1.82, 2.24) is 14.9 Å². The van der Waals surface area contributed by atoms with Gasteiger partial charge >= 0.3 is 0 Å². The monoisotopic (exact) mass is 420 g/mol. The van der Waals surface area contributed by atoms with E-state index in [-0.39, 0.29) is 35.3 Å². The molecule has 1 aromatic carbocycles. The zero-order valence-corrected chi connectivity index (χ0v) is 17.4. The van der Waals surface area contributed by atoms with Crippen molar-refractivity contribution in [2.45, 2.75) is 31.6 Å². The molecule has 0 atom stereocenters. The number of sulfonamides is 1. The molecule has 0 aliphatic rings. The van der Waals surface area contributed by atoms with Gasteiger partial charge in [-0.2, -0.15) is 4.31 Å². The molecule has 0 spiro atoms. The summed E-state index contributed by atoms with van der Waals surface area (Å²) >= 11 is 0. The first-order valence-corrected chi connectivity index (χ1v) is 10.2. The molecule has 0 aliphatic carbocycles. The van der Waals surface area contributed by atoms with Gasteiger partial charge in [-0.15, -0.1) is 12.4 Å². The molecule has 0 heterocycles. The summed E-state index contributed by atoms with van der Waals surface area (Å²) in [6.07, 6.45) is 1.60. The zero-order chi connectivity index (χ0) is 19.6. The summed E-state index contributed by atoms with van der Waals surface area (Å²) in [6, 6.07) is 5.80. The second kappa shape index (κ2) is 12.7. The van der Waals surface area contributed by atoms with Crippen LogP contribution in [0.25, 0.3) is 0 Å². The summed E-state index contributed by atoms with van der Waals surface area (Å²) in [6.45, 7) is 5.10. The molecule has 4 N–H and O–H groups in total. The third kappa shape index (κ3) is 7.84. The van der Waals surface area contributed by atoms with E-state index in [1.165, 1.54) is 28.6 Å². The van der Waals surface area contributed by atoms with Gasteiger partial charge in [0.25, 0.3) is 5.91 Å². The highest BCUT2D eigenvalue weighted by molar-refractivity contribution is 7.89. The van der Waals surface area contributed by atoms with Gasteiger partial charge in [0.15, 0.2) is 0 Å². The predicted octanol–water partition coefficient (Wildman–Crippen LogP) is 0.724. The van der Waals surface area contributed by atoms with Crippen molar-refractivity contribution in [1.29, 1.82) is 0 Å². The van der Waals surface area contributed by atoms with E-state index in [1.54, 1.807) is 13.8 Å². The van der Waals surface area contributed by atoms with Gasteiger partial charge < -0.3 is 16.4 Å². The van der Waals surface area contributed by atoms with Crippen LogP contribution in [0.3, 0.4) is 0 Å². The van der Waals surface area contributed by atoms with E-state index >= 15 is 0 Å². The zero-order valence-electron chi connectivity index (χ0n) is 15.7. The number of unbranched alkanes of at least 4 members (excludes halogenated alkanes) is 1. The first-order valence-electron chi connectivity index (χ1n) is 8.72. The molecule has 0 unspecified atom stereocenters. The lowest BCUT2D eigenvalue weighted by Crippen LogP contribution is -2.37. The lowest BCUT2D eigenvalue weighted by atomic mass is 10.2. The maximum atomic E-state index is 12.5. The van der Waals surface area contributed by atoms with Gasteiger partial charge in [-0.05, 0) is 37.6 Å². The lowest BCUT2D eigenvalue weighted by Gasteiger charge is -2.18. The second-order valence-electron chi connectivity index (χ2n) is 5.65. The van der Waals surface area contributed by atoms with Gasteiger partial charge in [0.1, 0.15) is 0 Å². The molecule has 2 amide bonds. The Bertz CT molecular complexity index is 709. The maximum absolute atomic E-state index is 12.5. The largest absolute Gasteiger partial charge is 0.355 e. The van der Waals surface area contributed by atoms with Gasteiger partial charge in [0, 0.05) is 25.2 Å². The Morgan fingerprint density at radius 1 is 1.11 bits per heavy atom. The number of benzene rings is 1. The Balaban J connectivity index is 0.00000676. The number of carbonyl (C=O) groups excluding carboxylic acids is 2. The molecule has 8 nitrogen and oxygen atoms in total. The molecule has 1 aromatic rings. The van der Waals surface area contributed by atoms with E-state index in [2.05, 4.69) is 10.6 Å². The van der Waals surface area contributed by atoms with E-state index in [0.717, 1.165) is 12.8 Å². The summed E-state index contributed by atoms with van der Waals surface area (Å²) in [7, 11) is -3.64. The lowest BCUT2D eigenvalue weighted by molar-refractivity contribution is -0.120. The van der Waals surface area contributed by atoms with E-state index in [9.17, 15) is 18.0 Å². The number of nitrogens with two attached hydrogens (primary N) is 1. The first kappa shape index (κ1) is 25.3. The molecule has 0 radical (unpaired) electrons. The number of carbonyl (C=O) groups is 2. The van der Waals surface area contributed by atoms with Crippen LogP contribution in [0, 0.1) is 0 Å². The Morgan fingerprint density at radius 3 is 2.37 bits per heavy atom. The third-order valence-corrected chi connectivity index (χ3v) is 5.85. The minimum atomic E-state index is -3.64. The highest BCUT2D eigenvalue weighted by atomic mass is 35.5. The van der Waals surface area contributed by atoms with Gasteiger partial charge in [-0.3, -0.25) is 9.59 Å². The van der Waals surface area contributed by atoms with Crippen molar-refractivity contribution in [2.24, 2.45) is 5.73 Å². The van der Waals surface area contributed by atoms with E-state index < -0.39 is 15.9 Å². The number of hydrogen-bond acceptors (Lipinski definition) is 5. The smallest absolute Gasteiger partial charge is 0.251 e. The molecule has 154 valence electrons. The Hall–Kier alpha value is -1.68. The van der Waals surface area contributed by atoms with Crippen molar-refractivity contribution in [2.75, 3.05) is 32.7 Å². The Kier molecular flexibility index (Phi) is 11.9. The third-order valence-electron chi connectivity index (χ3n) is 3.80. The van der Waals surface area contributed by atoms with Crippen LogP contribution in [0.2, 0.25) is 0 Å². The minimum absolute atomic E-state index is 0. The van der Waals surface area contributed by atoms with Crippen molar-refractivity contribution in [3.8, 4) is 0 Å². The molecular formula is C17H29ClN4O4S. The first-order chi connectivity index (χ1) is 12.4. The Labute approximate surface area is 167 Å². The maximum Gasteiger partial charge on any atom is 0.251 e. The highest BCUT2D eigenvalue weighted by Crippen LogP contribution is 2.16. The summed E-state index contributed by atoms with van der Waals surface area (Å²) in [5, 5.41) is 5.17. The van der Waals surface area contributed by atoms with Gasteiger partial charge in [-0.1, -0.05) is 19.9 Å². The normalized spacial score (nSPS) is 11.0. The molecule has 10 heteroatoms. The van der Waals surface area contributed by atoms with Crippen LogP contribution in [0.15, 0.2) is 29.2 Å². The number of nitrogens with one attached hydrogen (secondary N) is 2. The van der Waals surface area contributed by atoms with Crippen molar-refractivity contribution >= 4 is 34.2 Å². The molecular weight excluding hydrogens is 392 g/mol. The average Bonchev–Trinajstić information content (AvgIpc) is 2.64. The van der Waals surface area contributed by atoms with Crippen LogP contribution in [0.5, 0.6) is 0 Å². The van der Waals surface area contributed by atoms with Gasteiger partial charge in [-0.25, -0.2) is 8.42 Å². The quantitative estimate of drug-likeness (QED) is 0.455. The molecule has 0 saturated heterocycles. The number of nitrogens with zero attached hydrogens (tertiary/aromatic N) is 1. The SMILES string of the molecule is CCN(CC)S(=O)(=O)c1cccc(C(=O)NCC(=O)NCCCCN)c1.Cl. The van der Waals surface area contributed by atoms with Crippen LogP contribution in [0.4, 0.5) is 0 Å². The molecule has 0 fully saturated rings. The number of amides is 2. The average molecular weight is 421 g/mol. The summed E-state index contributed by atoms with van der Waals surface area (Å²) in [4.78, 5) is 23.9. The molecule has 0 saturated carbocycles. The minimum Gasteiger partial charge on any atom is -0.355 e. The van der Waals surface area contributed by atoms with Crippen molar-refractivity contribution in [3.05, 3.63) is 29.8 Å². The topological polar surface area (TPSA) is 122 Å². The van der Waals surface area contributed by atoms with E-state index in [1.807, 2.05) is 0 Å². The number of hydrogen-bond donors (Lipinski definition) is 3. The van der Waals surface area contributed by atoms with Crippen molar-refractivity contribution < 1.29 is 18.0 Å². The highest BCUT2D eigenvalue weighted by Gasteiger charge is 2.22. The van der Waals surface area contributed by atoms with E-state index in [0.29, 0.717) is 26.2 Å². The van der Waals surface area contributed by atoms with E-state index in [4.69, 9.17) is 5.73 Å². The second-order valence-corrected chi connectivity index (χ2v) is 7.58. The van der Waals surface area contributed by atoms with Gasteiger partial charge in [0.05, 0.1) is 11.4 Å². The fraction of sp³-hybridized carbons (Fsp3) is 0.529. The van der Waals surface area contributed by atoms with Crippen LogP contribution < -0.4 is 16.4 Å². The molecule has 0 aliphatic heterocycles. The Morgan fingerprint density at radius 2 is 1.78 bits per heavy atom. The van der Waals surface area contributed by atoms with Crippen LogP contribution in [-0.4, -0.2) is 57.3 Å². The fourth-order valence-corrected chi connectivity index (χ4v) is 3.84. The summed E-state index contributed by atoms with van der Waals surface area (Å²) in [5.41, 5.74) is 5.56. The summed E-state index contributed by atoms with van der Waals surface area (Å²) < 4.78 is 26.4. The van der Waals surface area contributed by atoms with Crippen LogP contribution in [-0.2, 0) is 14.8 Å². The summed E-state index contributed by atoms with van der Waals surface area (Å²) in [5.74, 6) is -0.805.